The number of aliphatic imine (C=N–C) groups is 1. The van der Waals surface area contributed by atoms with Gasteiger partial charge in [-0.2, -0.15) is 0 Å². The maximum absolute atomic E-state index is 14.0. The van der Waals surface area contributed by atoms with Crippen LogP contribution < -0.4 is 19.5 Å². The number of phenolic OH excluding ortho intramolecular Hbond substituents is 1. The molecule has 6 nitrogen and oxygen atoms in total. The molecule has 0 aromatic heterocycles. The van der Waals surface area contributed by atoms with Gasteiger partial charge in [-0.05, 0) is 54.4 Å². The molecule has 5 rings (SSSR count). The fourth-order valence-electron chi connectivity index (χ4n) is 4.10. The standard InChI is InChI=1S/C25H23FN2O4/c1-2-30-22-8-4-7-18(24(22)29)20-13-19(15-9-10-21-23(12-15)32-14-31-21)27-25(28-20)16-5-3-6-17(26)11-16/h3-12,20,25,28-29H,2,13-14H2,1H3. The molecule has 0 bridgehead atoms. The summed E-state index contributed by atoms with van der Waals surface area (Å²) in [6.45, 7) is 2.51. The summed E-state index contributed by atoms with van der Waals surface area (Å²) in [5.41, 5.74) is 3.11. The molecular weight excluding hydrogens is 411 g/mol. The number of halogens is 1. The van der Waals surface area contributed by atoms with Gasteiger partial charge in [-0.25, -0.2) is 4.39 Å². The highest BCUT2D eigenvalue weighted by atomic mass is 19.1. The lowest BCUT2D eigenvalue weighted by atomic mass is 9.93. The molecule has 0 amide bonds. The van der Waals surface area contributed by atoms with Gasteiger partial charge in [-0.3, -0.25) is 10.3 Å². The van der Waals surface area contributed by atoms with Gasteiger partial charge in [0, 0.05) is 23.7 Å². The van der Waals surface area contributed by atoms with Crippen LogP contribution in [0.4, 0.5) is 4.39 Å². The van der Waals surface area contributed by atoms with Crippen LogP contribution in [-0.4, -0.2) is 24.2 Å². The molecule has 3 aromatic carbocycles. The molecule has 2 N–H and O–H groups in total. The molecule has 2 aliphatic heterocycles. The molecule has 0 saturated carbocycles. The van der Waals surface area contributed by atoms with Crippen molar-refractivity contribution in [2.45, 2.75) is 25.6 Å². The minimum atomic E-state index is -0.486. The van der Waals surface area contributed by atoms with E-state index in [0.29, 0.717) is 41.4 Å². The molecule has 164 valence electrons. The fourth-order valence-corrected chi connectivity index (χ4v) is 4.10. The lowest BCUT2D eigenvalue weighted by Crippen LogP contribution is -2.33. The Hall–Kier alpha value is -3.58. The van der Waals surface area contributed by atoms with E-state index in [0.717, 1.165) is 11.3 Å². The smallest absolute Gasteiger partial charge is 0.231 e. The Labute approximate surface area is 185 Å². The topological polar surface area (TPSA) is 72.3 Å². The van der Waals surface area contributed by atoms with Gasteiger partial charge in [-0.15, -0.1) is 0 Å². The lowest BCUT2D eigenvalue weighted by molar-refractivity contribution is 0.174. The Balaban J connectivity index is 1.56. The Bertz CT molecular complexity index is 1180. The summed E-state index contributed by atoms with van der Waals surface area (Å²) < 4.78 is 30.5. The van der Waals surface area contributed by atoms with Crippen LogP contribution in [-0.2, 0) is 0 Å². The van der Waals surface area contributed by atoms with Crippen molar-refractivity contribution in [2.75, 3.05) is 13.4 Å². The highest BCUT2D eigenvalue weighted by molar-refractivity contribution is 6.02. The number of nitrogens with zero attached hydrogens (tertiary/aromatic N) is 1. The first-order chi connectivity index (χ1) is 15.6. The zero-order valence-corrected chi connectivity index (χ0v) is 17.5. The Morgan fingerprint density at radius 3 is 2.78 bits per heavy atom. The Kier molecular flexibility index (Phi) is 5.41. The minimum Gasteiger partial charge on any atom is -0.504 e. The Morgan fingerprint density at radius 1 is 1.09 bits per heavy atom. The van der Waals surface area contributed by atoms with Crippen molar-refractivity contribution in [3.05, 3.63) is 83.2 Å². The first kappa shape index (κ1) is 20.3. The van der Waals surface area contributed by atoms with E-state index in [-0.39, 0.29) is 24.4 Å². The molecule has 0 spiro atoms. The van der Waals surface area contributed by atoms with Crippen LogP contribution in [0.5, 0.6) is 23.0 Å². The third-order valence-corrected chi connectivity index (χ3v) is 5.62. The zero-order chi connectivity index (χ0) is 22.1. The molecular formula is C25H23FN2O4. The molecule has 3 aromatic rings. The quantitative estimate of drug-likeness (QED) is 0.599. The average molecular weight is 434 g/mol. The van der Waals surface area contributed by atoms with Crippen molar-refractivity contribution in [3.8, 4) is 23.0 Å². The number of rotatable bonds is 5. The minimum absolute atomic E-state index is 0.0942. The van der Waals surface area contributed by atoms with Crippen LogP contribution in [0, 0.1) is 5.82 Å². The van der Waals surface area contributed by atoms with E-state index in [1.807, 2.05) is 43.3 Å². The number of ether oxygens (including phenoxy) is 3. The largest absolute Gasteiger partial charge is 0.504 e. The molecule has 0 radical (unpaired) electrons. The fraction of sp³-hybridized carbons (Fsp3) is 0.240. The molecule has 2 aliphatic rings. The second kappa shape index (κ2) is 8.51. The number of phenols is 1. The number of benzene rings is 3. The average Bonchev–Trinajstić information content (AvgIpc) is 3.28. The molecule has 2 atom stereocenters. The number of hydrogen-bond acceptors (Lipinski definition) is 6. The van der Waals surface area contributed by atoms with E-state index in [1.165, 1.54) is 12.1 Å². The molecule has 0 fully saturated rings. The van der Waals surface area contributed by atoms with Gasteiger partial charge in [0.05, 0.1) is 6.61 Å². The SMILES string of the molecule is CCOc1cccc(C2CC(c3ccc4c(c3)OCO4)=NC(c3cccc(F)c3)N2)c1O. The van der Waals surface area contributed by atoms with Crippen LogP contribution in [0.15, 0.2) is 65.7 Å². The van der Waals surface area contributed by atoms with E-state index in [1.54, 1.807) is 12.1 Å². The summed E-state index contributed by atoms with van der Waals surface area (Å²) in [5.74, 6) is 1.57. The zero-order valence-electron chi connectivity index (χ0n) is 17.5. The molecule has 7 heteroatoms. The number of para-hydroxylation sites is 1. The van der Waals surface area contributed by atoms with Crippen molar-refractivity contribution >= 4 is 5.71 Å². The second-order valence-corrected chi connectivity index (χ2v) is 7.65. The van der Waals surface area contributed by atoms with E-state index >= 15 is 0 Å². The predicted octanol–water partition coefficient (Wildman–Crippen LogP) is 4.88. The summed E-state index contributed by atoms with van der Waals surface area (Å²) in [6.07, 6.45) is 0.0363. The van der Waals surface area contributed by atoms with Crippen molar-refractivity contribution in [1.29, 1.82) is 0 Å². The summed E-state index contributed by atoms with van der Waals surface area (Å²) in [6, 6.07) is 17.3. The number of fused-ring (bicyclic) bond motifs is 1. The third-order valence-electron chi connectivity index (χ3n) is 5.62. The van der Waals surface area contributed by atoms with Gasteiger partial charge in [0.2, 0.25) is 6.79 Å². The number of hydrogen-bond donors (Lipinski definition) is 2. The highest BCUT2D eigenvalue weighted by Gasteiger charge is 2.29. The lowest BCUT2D eigenvalue weighted by Gasteiger charge is -2.31. The van der Waals surface area contributed by atoms with Crippen molar-refractivity contribution in [3.63, 3.8) is 0 Å². The highest BCUT2D eigenvalue weighted by Crippen LogP contribution is 2.40. The summed E-state index contributed by atoms with van der Waals surface area (Å²) in [4.78, 5) is 4.88. The Morgan fingerprint density at radius 2 is 1.94 bits per heavy atom. The summed E-state index contributed by atoms with van der Waals surface area (Å²) in [5, 5.41) is 14.3. The van der Waals surface area contributed by atoms with Crippen molar-refractivity contribution in [1.82, 2.24) is 5.32 Å². The van der Waals surface area contributed by atoms with Crippen LogP contribution in [0.3, 0.4) is 0 Å². The maximum atomic E-state index is 14.0. The van der Waals surface area contributed by atoms with Gasteiger partial charge < -0.3 is 19.3 Å². The molecule has 2 heterocycles. The van der Waals surface area contributed by atoms with E-state index in [9.17, 15) is 9.50 Å². The maximum Gasteiger partial charge on any atom is 0.231 e. The predicted molar refractivity (Wildman–Crippen MR) is 118 cm³/mol. The van der Waals surface area contributed by atoms with Gasteiger partial charge in [0.15, 0.2) is 23.0 Å². The van der Waals surface area contributed by atoms with Crippen LogP contribution in [0.25, 0.3) is 0 Å². The molecule has 2 unspecified atom stereocenters. The normalized spacial score (nSPS) is 19.5. The molecule has 0 saturated heterocycles. The second-order valence-electron chi connectivity index (χ2n) is 7.65. The summed E-state index contributed by atoms with van der Waals surface area (Å²) >= 11 is 0. The van der Waals surface area contributed by atoms with Crippen LogP contribution >= 0.6 is 0 Å². The molecule has 0 aliphatic carbocycles. The van der Waals surface area contributed by atoms with Crippen molar-refractivity contribution < 1.29 is 23.7 Å². The number of nitrogens with one attached hydrogen (secondary N) is 1. The van der Waals surface area contributed by atoms with E-state index < -0.39 is 6.17 Å². The summed E-state index contributed by atoms with van der Waals surface area (Å²) in [7, 11) is 0. The van der Waals surface area contributed by atoms with E-state index in [2.05, 4.69) is 5.32 Å². The molecule has 32 heavy (non-hydrogen) atoms. The number of aromatic hydroxyl groups is 1. The van der Waals surface area contributed by atoms with Crippen molar-refractivity contribution in [2.24, 2.45) is 4.99 Å². The van der Waals surface area contributed by atoms with Gasteiger partial charge in [0.1, 0.15) is 12.0 Å². The van der Waals surface area contributed by atoms with E-state index in [4.69, 9.17) is 19.2 Å². The van der Waals surface area contributed by atoms with Gasteiger partial charge in [0.25, 0.3) is 0 Å². The van der Waals surface area contributed by atoms with Gasteiger partial charge >= 0.3 is 0 Å². The van der Waals surface area contributed by atoms with Crippen LogP contribution in [0.1, 0.15) is 42.2 Å². The first-order valence-corrected chi connectivity index (χ1v) is 10.5. The van der Waals surface area contributed by atoms with Gasteiger partial charge in [-0.1, -0.05) is 24.3 Å². The first-order valence-electron chi connectivity index (χ1n) is 10.5. The third kappa shape index (κ3) is 3.87. The van der Waals surface area contributed by atoms with Crippen LogP contribution in [0.2, 0.25) is 0 Å². The monoisotopic (exact) mass is 434 g/mol.